The normalized spacial score (nSPS) is 24.8. The van der Waals surface area contributed by atoms with Crippen molar-refractivity contribution in [2.75, 3.05) is 13.2 Å². The third-order valence-electron chi connectivity index (χ3n) is 4.47. The van der Waals surface area contributed by atoms with Gasteiger partial charge in [0.2, 0.25) is 0 Å². The van der Waals surface area contributed by atoms with E-state index in [2.05, 4.69) is 57.3 Å². The molecule has 2 heteroatoms. The molecule has 0 saturated heterocycles. The van der Waals surface area contributed by atoms with Crippen LogP contribution in [0.3, 0.4) is 0 Å². The summed E-state index contributed by atoms with van der Waals surface area (Å²) in [4.78, 5) is 0. The Labute approximate surface area is 117 Å². The van der Waals surface area contributed by atoms with Crippen molar-refractivity contribution < 1.29 is 4.74 Å². The van der Waals surface area contributed by atoms with Crippen molar-refractivity contribution in [3.63, 3.8) is 0 Å². The Kier molecular flexibility index (Phi) is 4.51. The van der Waals surface area contributed by atoms with Gasteiger partial charge in [-0.25, -0.2) is 0 Å². The Balaban J connectivity index is 2.00. The number of benzene rings is 1. The van der Waals surface area contributed by atoms with E-state index in [4.69, 9.17) is 4.74 Å². The summed E-state index contributed by atoms with van der Waals surface area (Å²) in [6, 6.07) is 9.35. The van der Waals surface area contributed by atoms with Crippen molar-refractivity contribution in [3.05, 3.63) is 29.8 Å². The summed E-state index contributed by atoms with van der Waals surface area (Å²) in [5.74, 6) is 1.66. The van der Waals surface area contributed by atoms with E-state index < -0.39 is 0 Å². The van der Waals surface area contributed by atoms with Gasteiger partial charge in [0.05, 0.1) is 6.61 Å². The van der Waals surface area contributed by atoms with Crippen LogP contribution >= 0.6 is 0 Å². The summed E-state index contributed by atoms with van der Waals surface area (Å²) in [6.45, 7) is 10.9. The van der Waals surface area contributed by atoms with Gasteiger partial charge in [0.25, 0.3) is 0 Å². The zero-order valence-electron chi connectivity index (χ0n) is 12.7. The van der Waals surface area contributed by atoms with Crippen molar-refractivity contribution >= 4 is 0 Å². The maximum Gasteiger partial charge on any atom is 0.119 e. The molecule has 0 aromatic heterocycles. The monoisotopic (exact) mass is 261 g/mol. The molecule has 2 nitrogen and oxygen atoms in total. The highest BCUT2D eigenvalue weighted by Crippen LogP contribution is 2.52. The lowest BCUT2D eigenvalue weighted by molar-refractivity contribution is 0.0706. The Bertz CT molecular complexity index is 396. The third-order valence-corrected chi connectivity index (χ3v) is 4.47. The van der Waals surface area contributed by atoms with Crippen molar-refractivity contribution in [1.29, 1.82) is 0 Å². The molecule has 2 atom stereocenters. The molecule has 1 fully saturated rings. The fourth-order valence-electron chi connectivity index (χ4n) is 3.10. The van der Waals surface area contributed by atoms with Crippen molar-refractivity contribution in [2.24, 2.45) is 5.41 Å². The first-order chi connectivity index (χ1) is 9.09. The van der Waals surface area contributed by atoms with Crippen LogP contribution in [0.25, 0.3) is 0 Å². The summed E-state index contributed by atoms with van der Waals surface area (Å²) in [7, 11) is 0. The number of hydrogen-bond acceptors (Lipinski definition) is 2. The van der Waals surface area contributed by atoms with Gasteiger partial charge in [-0.3, -0.25) is 0 Å². The largest absolute Gasteiger partial charge is 0.494 e. The van der Waals surface area contributed by atoms with Crippen molar-refractivity contribution in [2.45, 2.75) is 52.5 Å². The SMILES string of the molecule is CCCOc1ccc(C2CC(NCC)C2(C)C)cc1. The summed E-state index contributed by atoms with van der Waals surface area (Å²) in [5.41, 5.74) is 1.80. The van der Waals surface area contributed by atoms with E-state index in [9.17, 15) is 0 Å². The topological polar surface area (TPSA) is 21.3 Å². The highest BCUT2D eigenvalue weighted by Gasteiger charge is 2.47. The van der Waals surface area contributed by atoms with Crippen LogP contribution in [0.2, 0.25) is 0 Å². The van der Waals surface area contributed by atoms with Gasteiger partial charge in [0.15, 0.2) is 0 Å². The van der Waals surface area contributed by atoms with Crippen LogP contribution in [0.1, 0.15) is 52.0 Å². The molecule has 0 heterocycles. The summed E-state index contributed by atoms with van der Waals surface area (Å²) in [5, 5.41) is 3.59. The maximum atomic E-state index is 5.64. The van der Waals surface area contributed by atoms with Crippen LogP contribution < -0.4 is 10.1 Å². The lowest BCUT2D eigenvalue weighted by Gasteiger charge is -2.53. The number of rotatable bonds is 6. The molecule has 0 aliphatic heterocycles. The average molecular weight is 261 g/mol. The Morgan fingerprint density at radius 2 is 1.89 bits per heavy atom. The van der Waals surface area contributed by atoms with Gasteiger partial charge in [-0.2, -0.15) is 0 Å². The Morgan fingerprint density at radius 3 is 2.42 bits per heavy atom. The molecule has 2 rings (SSSR count). The summed E-state index contributed by atoms with van der Waals surface area (Å²) in [6.07, 6.45) is 2.30. The maximum absolute atomic E-state index is 5.64. The molecule has 1 N–H and O–H groups in total. The van der Waals surface area contributed by atoms with Crippen molar-refractivity contribution in [1.82, 2.24) is 5.32 Å². The van der Waals surface area contributed by atoms with Crippen LogP contribution in [0.4, 0.5) is 0 Å². The van der Waals surface area contributed by atoms with E-state index in [0.717, 1.165) is 25.3 Å². The molecule has 1 aromatic rings. The van der Waals surface area contributed by atoms with Gasteiger partial charge in [-0.05, 0) is 48.4 Å². The second kappa shape index (κ2) is 5.96. The quantitative estimate of drug-likeness (QED) is 0.836. The summed E-state index contributed by atoms with van der Waals surface area (Å²) >= 11 is 0. The van der Waals surface area contributed by atoms with Gasteiger partial charge in [0.1, 0.15) is 5.75 Å². The second-order valence-electron chi connectivity index (χ2n) is 6.14. The fraction of sp³-hybridized carbons (Fsp3) is 0.647. The molecule has 1 aliphatic carbocycles. The molecule has 0 amide bonds. The average Bonchev–Trinajstić information content (AvgIpc) is 2.41. The highest BCUT2D eigenvalue weighted by atomic mass is 16.5. The van der Waals surface area contributed by atoms with Crippen molar-refractivity contribution in [3.8, 4) is 5.75 Å². The van der Waals surface area contributed by atoms with E-state index in [1.54, 1.807) is 0 Å². The van der Waals surface area contributed by atoms with Gasteiger partial charge in [-0.1, -0.05) is 39.8 Å². The number of ether oxygens (including phenoxy) is 1. The molecule has 1 aromatic carbocycles. The minimum Gasteiger partial charge on any atom is -0.494 e. The fourth-order valence-corrected chi connectivity index (χ4v) is 3.10. The van der Waals surface area contributed by atoms with E-state index >= 15 is 0 Å². The molecule has 0 radical (unpaired) electrons. The van der Waals surface area contributed by atoms with Crippen LogP contribution in [0.15, 0.2) is 24.3 Å². The van der Waals surface area contributed by atoms with Crippen LogP contribution in [-0.2, 0) is 0 Å². The number of hydrogen-bond donors (Lipinski definition) is 1. The minimum atomic E-state index is 0.349. The molecule has 2 unspecified atom stereocenters. The number of nitrogens with one attached hydrogen (secondary N) is 1. The third kappa shape index (κ3) is 2.94. The molecule has 1 saturated carbocycles. The zero-order valence-corrected chi connectivity index (χ0v) is 12.7. The van der Waals surface area contributed by atoms with E-state index in [1.165, 1.54) is 12.0 Å². The van der Waals surface area contributed by atoms with Crippen LogP contribution in [-0.4, -0.2) is 19.2 Å². The van der Waals surface area contributed by atoms with Crippen LogP contribution in [0.5, 0.6) is 5.75 Å². The van der Waals surface area contributed by atoms with Gasteiger partial charge >= 0.3 is 0 Å². The first-order valence-electron chi connectivity index (χ1n) is 7.55. The first kappa shape index (κ1) is 14.4. The van der Waals surface area contributed by atoms with Crippen LogP contribution in [0, 0.1) is 5.41 Å². The molecule has 0 spiro atoms. The lowest BCUT2D eigenvalue weighted by Crippen LogP contribution is -2.55. The molecule has 0 bridgehead atoms. The second-order valence-corrected chi connectivity index (χ2v) is 6.14. The van der Waals surface area contributed by atoms with E-state index in [-0.39, 0.29) is 0 Å². The molecular weight excluding hydrogens is 234 g/mol. The Morgan fingerprint density at radius 1 is 1.21 bits per heavy atom. The highest BCUT2D eigenvalue weighted by molar-refractivity contribution is 5.33. The van der Waals surface area contributed by atoms with E-state index in [0.29, 0.717) is 17.4 Å². The molecule has 106 valence electrons. The standard InChI is InChI=1S/C17H27NO/c1-5-11-19-14-9-7-13(8-10-14)15-12-16(18-6-2)17(15,3)4/h7-10,15-16,18H,5-6,11-12H2,1-4H3. The van der Waals surface area contributed by atoms with Gasteiger partial charge in [-0.15, -0.1) is 0 Å². The predicted octanol–water partition coefficient (Wildman–Crippen LogP) is 3.97. The zero-order chi connectivity index (χ0) is 13.9. The Hall–Kier alpha value is -1.02. The van der Waals surface area contributed by atoms with Gasteiger partial charge in [0, 0.05) is 6.04 Å². The van der Waals surface area contributed by atoms with Gasteiger partial charge < -0.3 is 10.1 Å². The first-order valence-corrected chi connectivity index (χ1v) is 7.55. The molecule has 19 heavy (non-hydrogen) atoms. The molecular formula is C17H27NO. The lowest BCUT2D eigenvalue weighted by atomic mass is 9.56. The minimum absolute atomic E-state index is 0.349. The van der Waals surface area contributed by atoms with E-state index in [1.807, 2.05) is 0 Å². The smallest absolute Gasteiger partial charge is 0.119 e. The predicted molar refractivity (Wildman–Crippen MR) is 80.8 cm³/mol. The summed E-state index contributed by atoms with van der Waals surface area (Å²) < 4.78 is 5.64. The molecule has 1 aliphatic rings.